The van der Waals surface area contributed by atoms with E-state index in [9.17, 15) is 14.0 Å². The zero-order valence-corrected chi connectivity index (χ0v) is 14.3. The SMILES string of the molecule is COCCCCN1C(=O)C(C)(C)Oc2c(F)cc(C(=O)OC)cc21. The van der Waals surface area contributed by atoms with Gasteiger partial charge < -0.3 is 19.1 Å². The fraction of sp³-hybridized carbons (Fsp3) is 0.529. The number of anilines is 1. The summed E-state index contributed by atoms with van der Waals surface area (Å²) in [6, 6.07) is 2.48. The minimum absolute atomic E-state index is 0.0287. The van der Waals surface area contributed by atoms with Gasteiger partial charge in [0.1, 0.15) is 0 Å². The van der Waals surface area contributed by atoms with E-state index >= 15 is 0 Å². The van der Waals surface area contributed by atoms with E-state index in [1.54, 1.807) is 21.0 Å². The topological polar surface area (TPSA) is 65.1 Å². The molecule has 0 spiro atoms. The fourth-order valence-corrected chi connectivity index (χ4v) is 2.59. The summed E-state index contributed by atoms with van der Waals surface area (Å²) in [5.41, 5.74) is -0.897. The highest BCUT2D eigenvalue weighted by Crippen LogP contribution is 2.40. The van der Waals surface area contributed by atoms with Crippen LogP contribution in [0, 0.1) is 5.82 Å². The van der Waals surface area contributed by atoms with Crippen molar-refractivity contribution in [3.63, 3.8) is 0 Å². The molecule has 132 valence electrons. The van der Waals surface area contributed by atoms with Gasteiger partial charge in [-0.15, -0.1) is 0 Å². The zero-order valence-electron chi connectivity index (χ0n) is 14.3. The Hall–Kier alpha value is -2.15. The average molecular weight is 339 g/mol. The van der Waals surface area contributed by atoms with Gasteiger partial charge in [-0.3, -0.25) is 4.79 Å². The van der Waals surface area contributed by atoms with Crippen molar-refractivity contribution in [2.24, 2.45) is 0 Å². The van der Waals surface area contributed by atoms with E-state index in [2.05, 4.69) is 4.74 Å². The lowest BCUT2D eigenvalue weighted by Crippen LogP contribution is -2.53. The van der Waals surface area contributed by atoms with Gasteiger partial charge in [-0.25, -0.2) is 9.18 Å². The molecule has 1 heterocycles. The van der Waals surface area contributed by atoms with Crippen molar-refractivity contribution in [2.45, 2.75) is 32.3 Å². The van der Waals surface area contributed by atoms with E-state index in [4.69, 9.17) is 9.47 Å². The van der Waals surface area contributed by atoms with Crippen LogP contribution in [0.25, 0.3) is 0 Å². The molecule has 1 aromatic rings. The number of unbranched alkanes of at least 4 members (excludes halogenated alkanes) is 1. The number of carbonyl (C=O) groups is 2. The summed E-state index contributed by atoms with van der Waals surface area (Å²) in [5.74, 6) is -1.68. The molecule has 1 aromatic carbocycles. The highest BCUT2D eigenvalue weighted by molar-refractivity contribution is 6.03. The van der Waals surface area contributed by atoms with Crippen LogP contribution in [0.3, 0.4) is 0 Å². The Morgan fingerprint density at radius 1 is 1.29 bits per heavy atom. The van der Waals surface area contributed by atoms with E-state index in [0.29, 0.717) is 19.6 Å². The minimum atomic E-state index is -1.18. The van der Waals surface area contributed by atoms with Crippen molar-refractivity contribution < 1.29 is 28.2 Å². The molecule has 2 rings (SSSR count). The second-order valence-electron chi connectivity index (χ2n) is 6.07. The summed E-state index contributed by atoms with van der Waals surface area (Å²) < 4.78 is 29.6. The van der Waals surface area contributed by atoms with Gasteiger partial charge >= 0.3 is 5.97 Å². The number of halogens is 1. The number of esters is 1. The maximum absolute atomic E-state index is 14.4. The predicted octanol–water partition coefficient (Wildman–Crippen LogP) is 2.54. The van der Waals surface area contributed by atoms with Crippen LogP contribution in [-0.4, -0.2) is 44.8 Å². The van der Waals surface area contributed by atoms with Gasteiger partial charge in [0.25, 0.3) is 5.91 Å². The predicted molar refractivity (Wildman–Crippen MR) is 85.9 cm³/mol. The average Bonchev–Trinajstić information content (AvgIpc) is 2.54. The van der Waals surface area contributed by atoms with Crippen LogP contribution >= 0.6 is 0 Å². The third-order valence-corrected chi connectivity index (χ3v) is 3.83. The standard InChI is InChI=1S/C17H22FNO5/c1-17(2)16(21)19(7-5-6-8-22-3)13-10-11(15(20)23-4)9-12(18)14(13)24-17/h9-10H,5-8H2,1-4H3. The molecule has 1 amide bonds. The quantitative estimate of drug-likeness (QED) is 0.589. The molecule has 24 heavy (non-hydrogen) atoms. The van der Waals surface area contributed by atoms with Gasteiger partial charge in [0, 0.05) is 20.3 Å². The van der Waals surface area contributed by atoms with Gasteiger partial charge in [-0.1, -0.05) is 0 Å². The largest absolute Gasteiger partial charge is 0.473 e. The van der Waals surface area contributed by atoms with Crippen LogP contribution in [0.1, 0.15) is 37.0 Å². The Morgan fingerprint density at radius 2 is 2.00 bits per heavy atom. The number of ether oxygens (including phenoxy) is 3. The number of rotatable bonds is 6. The summed E-state index contributed by atoms with van der Waals surface area (Å²) in [6.07, 6.45) is 1.44. The Balaban J connectivity index is 2.41. The molecule has 0 aliphatic carbocycles. The third-order valence-electron chi connectivity index (χ3n) is 3.83. The van der Waals surface area contributed by atoms with Crippen LogP contribution in [0.15, 0.2) is 12.1 Å². The van der Waals surface area contributed by atoms with E-state index in [0.717, 1.165) is 12.5 Å². The second-order valence-corrected chi connectivity index (χ2v) is 6.07. The number of nitrogens with zero attached hydrogens (tertiary/aromatic N) is 1. The normalized spacial score (nSPS) is 15.7. The number of methoxy groups -OCH3 is 2. The lowest BCUT2D eigenvalue weighted by atomic mass is 10.0. The van der Waals surface area contributed by atoms with Crippen molar-refractivity contribution in [1.82, 2.24) is 0 Å². The maximum atomic E-state index is 14.4. The van der Waals surface area contributed by atoms with Crippen molar-refractivity contribution >= 4 is 17.6 Å². The molecule has 0 saturated heterocycles. The third kappa shape index (κ3) is 3.51. The molecule has 7 heteroatoms. The van der Waals surface area contributed by atoms with Crippen molar-refractivity contribution in [3.05, 3.63) is 23.5 Å². The van der Waals surface area contributed by atoms with Gasteiger partial charge in [0.2, 0.25) is 0 Å². The summed E-state index contributed by atoms with van der Waals surface area (Å²) in [4.78, 5) is 25.8. The first-order chi connectivity index (χ1) is 11.3. The van der Waals surface area contributed by atoms with Crippen molar-refractivity contribution in [2.75, 3.05) is 32.3 Å². The Labute approximate surface area is 140 Å². The highest BCUT2D eigenvalue weighted by Gasteiger charge is 2.42. The first-order valence-electron chi connectivity index (χ1n) is 7.73. The molecule has 0 aromatic heterocycles. The smallest absolute Gasteiger partial charge is 0.338 e. The first-order valence-corrected chi connectivity index (χ1v) is 7.73. The minimum Gasteiger partial charge on any atom is -0.473 e. The number of fused-ring (bicyclic) bond motifs is 1. The molecule has 0 N–H and O–H groups in total. The van der Waals surface area contributed by atoms with Crippen LogP contribution in [0.5, 0.6) is 5.75 Å². The monoisotopic (exact) mass is 339 g/mol. The molecule has 6 nitrogen and oxygen atoms in total. The number of hydrogen-bond donors (Lipinski definition) is 0. The van der Waals surface area contributed by atoms with E-state index in [1.807, 2.05) is 0 Å². The lowest BCUT2D eigenvalue weighted by molar-refractivity contribution is -0.132. The van der Waals surface area contributed by atoms with Crippen LogP contribution in [0.2, 0.25) is 0 Å². The van der Waals surface area contributed by atoms with Crippen LogP contribution in [-0.2, 0) is 14.3 Å². The van der Waals surface area contributed by atoms with E-state index in [-0.39, 0.29) is 22.9 Å². The van der Waals surface area contributed by atoms with Gasteiger partial charge in [0.05, 0.1) is 18.4 Å². The van der Waals surface area contributed by atoms with E-state index in [1.165, 1.54) is 18.1 Å². The number of hydrogen-bond acceptors (Lipinski definition) is 5. The number of carbonyl (C=O) groups excluding carboxylic acids is 2. The van der Waals surface area contributed by atoms with Gasteiger partial charge in [-0.05, 0) is 38.8 Å². The first kappa shape index (κ1) is 18.2. The fourth-order valence-electron chi connectivity index (χ4n) is 2.59. The molecule has 0 saturated carbocycles. The number of benzene rings is 1. The van der Waals surface area contributed by atoms with Crippen molar-refractivity contribution in [1.29, 1.82) is 0 Å². The maximum Gasteiger partial charge on any atom is 0.338 e. The lowest BCUT2D eigenvalue weighted by Gasteiger charge is -2.39. The molecule has 0 unspecified atom stereocenters. The molecule has 1 aliphatic rings. The van der Waals surface area contributed by atoms with Gasteiger partial charge in [-0.2, -0.15) is 0 Å². The zero-order chi connectivity index (χ0) is 17.9. The molecule has 0 fully saturated rings. The summed E-state index contributed by atoms with van der Waals surface area (Å²) in [5, 5.41) is 0. The van der Waals surface area contributed by atoms with E-state index < -0.39 is 17.4 Å². The molecule has 0 bridgehead atoms. The molecule has 0 radical (unpaired) electrons. The summed E-state index contributed by atoms with van der Waals surface area (Å²) >= 11 is 0. The molecule has 0 atom stereocenters. The Kier molecular flexibility index (Phi) is 5.43. The van der Waals surface area contributed by atoms with Crippen LogP contribution in [0.4, 0.5) is 10.1 Å². The Morgan fingerprint density at radius 3 is 2.62 bits per heavy atom. The molecule has 1 aliphatic heterocycles. The van der Waals surface area contributed by atoms with Crippen LogP contribution < -0.4 is 9.64 Å². The highest BCUT2D eigenvalue weighted by atomic mass is 19.1. The summed E-state index contributed by atoms with van der Waals surface area (Å²) in [7, 11) is 2.82. The van der Waals surface area contributed by atoms with Crippen molar-refractivity contribution in [3.8, 4) is 5.75 Å². The van der Waals surface area contributed by atoms with Gasteiger partial charge in [0.15, 0.2) is 17.2 Å². The number of amides is 1. The summed E-state index contributed by atoms with van der Waals surface area (Å²) in [6.45, 7) is 4.14. The molecular weight excluding hydrogens is 317 g/mol. The second kappa shape index (κ2) is 7.17. The Bertz CT molecular complexity index is 644. The molecular formula is C17H22FNO5.